The quantitative estimate of drug-likeness (QED) is 0.824. The number of aryl methyl sites for hydroxylation is 1. The third kappa shape index (κ3) is 2.22. The topological polar surface area (TPSA) is 19.4 Å². The van der Waals surface area contributed by atoms with Gasteiger partial charge in [-0.1, -0.05) is 12.5 Å². The molecule has 2 saturated carbocycles. The fraction of sp³-hybridized carbons (Fsp3) is 0.706. The molecule has 2 aliphatic carbocycles. The molecular formula is C17H25N3. The van der Waals surface area contributed by atoms with Gasteiger partial charge < -0.3 is 4.90 Å². The molecule has 2 bridgehead atoms. The first kappa shape index (κ1) is 12.6. The average Bonchev–Trinajstić information content (AvgIpc) is 3.11. The van der Waals surface area contributed by atoms with Crippen LogP contribution in [0.2, 0.25) is 0 Å². The summed E-state index contributed by atoms with van der Waals surface area (Å²) in [5, 5.41) is 0. The first-order valence-corrected chi connectivity index (χ1v) is 8.21. The van der Waals surface area contributed by atoms with Crippen LogP contribution in [0.5, 0.6) is 0 Å². The van der Waals surface area contributed by atoms with Crippen molar-refractivity contribution in [2.75, 3.05) is 31.1 Å². The molecule has 0 aromatic carbocycles. The highest BCUT2D eigenvalue weighted by Crippen LogP contribution is 2.46. The predicted molar refractivity (Wildman–Crippen MR) is 82.0 cm³/mol. The number of pyridine rings is 1. The third-order valence-corrected chi connectivity index (χ3v) is 5.70. The average molecular weight is 271 g/mol. The van der Waals surface area contributed by atoms with Gasteiger partial charge in [0.25, 0.3) is 0 Å². The van der Waals surface area contributed by atoms with E-state index in [4.69, 9.17) is 0 Å². The van der Waals surface area contributed by atoms with Gasteiger partial charge in [0.1, 0.15) is 5.82 Å². The molecule has 4 rings (SSSR count). The molecule has 3 fully saturated rings. The molecule has 0 spiro atoms. The van der Waals surface area contributed by atoms with Gasteiger partial charge in [0, 0.05) is 38.4 Å². The van der Waals surface area contributed by atoms with Gasteiger partial charge in [-0.05, 0) is 49.7 Å². The van der Waals surface area contributed by atoms with Crippen molar-refractivity contribution in [1.82, 2.24) is 9.88 Å². The van der Waals surface area contributed by atoms with Crippen LogP contribution in [-0.4, -0.2) is 42.1 Å². The summed E-state index contributed by atoms with van der Waals surface area (Å²) >= 11 is 0. The zero-order chi connectivity index (χ0) is 13.5. The summed E-state index contributed by atoms with van der Waals surface area (Å²) in [6.45, 7) is 6.84. The van der Waals surface area contributed by atoms with E-state index in [9.17, 15) is 0 Å². The van der Waals surface area contributed by atoms with Crippen LogP contribution in [0.1, 0.15) is 31.2 Å². The second kappa shape index (κ2) is 5.03. The van der Waals surface area contributed by atoms with Crippen LogP contribution in [0, 0.1) is 18.8 Å². The predicted octanol–water partition coefficient (Wildman–Crippen LogP) is 2.70. The van der Waals surface area contributed by atoms with Crippen LogP contribution < -0.4 is 4.90 Å². The number of aromatic nitrogens is 1. The van der Waals surface area contributed by atoms with E-state index in [1.165, 1.54) is 44.3 Å². The van der Waals surface area contributed by atoms with E-state index in [1.54, 1.807) is 0 Å². The fourth-order valence-electron chi connectivity index (χ4n) is 4.59. The minimum atomic E-state index is 0.905. The molecule has 1 aromatic rings. The zero-order valence-corrected chi connectivity index (χ0v) is 12.5. The molecule has 1 aromatic heterocycles. The Morgan fingerprint density at radius 2 is 1.90 bits per heavy atom. The van der Waals surface area contributed by atoms with Gasteiger partial charge in [-0.2, -0.15) is 0 Å². The van der Waals surface area contributed by atoms with E-state index < -0.39 is 0 Å². The minimum absolute atomic E-state index is 0.905. The second-order valence-corrected chi connectivity index (χ2v) is 6.96. The summed E-state index contributed by atoms with van der Waals surface area (Å²) in [5.41, 5.74) is 1.24. The number of fused-ring (bicyclic) bond motifs is 2. The number of rotatable bonds is 2. The lowest BCUT2D eigenvalue weighted by Crippen LogP contribution is -2.52. The van der Waals surface area contributed by atoms with Crippen molar-refractivity contribution in [3.8, 4) is 0 Å². The van der Waals surface area contributed by atoms with Gasteiger partial charge in [-0.3, -0.25) is 4.90 Å². The standard InChI is InChI=1S/C17H25N3/c1-13-2-5-17(18-12-13)20-8-6-19(7-9-20)16-11-14-3-4-15(16)10-14/h2,5,12,14-16H,3-4,6-11H2,1H3. The fourth-order valence-corrected chi connectivity index (χ4v) is 4.59. The number of hydrogen-bond donors (Lipinski definition) is 0. The van der Waals surface area contributed by atoms with Crippen LogP contribution in [0.4, 0.5) is 5.82 Å². The Hall–Kier alpha value is -1.09. The Labute approximate surface area is 122 Å². The van der Waals surface area contributed by atoms with E-state index in [2.05, 4.69) is 33.8 Å². The minimum Gasteiger partial charge on any atom is -0.354 e. The Balaban J connectivity index is 1.37. The van der Waals surface area contributed by atoms with Crippen molar-refractivity contribution < 1.29 is 0 Å². The van der Waals surface area contributed by atoms with E-state index in [1.807, 2.05) is 6.20 Å². The van der Waals surface area contributed by atoms with Gasteiger partial charge in [-0.25, -0.2) is 4.98 Å². The van der Waals surface area contributed by atoms with Crippen LogP contribution in [0.25, 0.3) is 0 Å². The summed E-state index contributed by atoms with van der Waals surface area (Å²) in [7, 11) is 0. The maximum absolute atomic E-state index is 4.57. The molecule has 2 heterocycles. The monoisotopic (exact) mass is 271 g/mol. The highest BCUT2D eigenvalue weighted by Gasteiger charge is 2.42. The van der Waals surface area contributed by atoms with Crippen molar-refractivity contribution >= 4 is 5.82 Å². The van der Waals surface area contributed by atoms with Crippen molar-refractivity contribution in [3.05, 3.63) is 23.9 Å². The molecule has 0 amide bonds. The van der Waals surface area contributed by atoms with Crippen molar-refractivity contribution in [2.24, 2.45) is 11.8 Å². The van der Waals surface area contributed by atoms with E-state index >= 15 is 0 Å². The largest absolute Gasteiger partial charge is 0.354 e. The molecule has 0 radical (unpaired) electrons. The molecule has 3 atom stereocenters. The first-order valence-electron chi connectivity index (χ1n) is 8.21. The molecule has 0 N–H and O–H groups in total. The molecule has 1 saturated heterocycles. The van der Waals surface area contributed by atoms with E-state index in [0.717, 1.165) is 36.8 Å². The van der Waals surface area contributed by atoms with Gasteiger partial charge in [-0.15, -0.1) is 0 Å². The molecule has 108 valence electrons. The highest BCUT2D eigenvalue weighted by molar-refractivity contribution is 5.39. The van der Waals surface area contributed by atoms with Gasteiger partial charge in [0.2, 0.25) is 0 Å². The number of anilines is 1. The lowest BCUT2D eigenvalue weighted by Gasteiger charge is -2.41. The van der Waals surface area contributed by atoms with Crippen LogP contribution in [-0.2, 0) is 0 Å². The smallest absolute Gasteiger partial charge is 0.128 e. The van der Waals surface area contributed by atoms with Crippen molar-refractivity contribution in [2.45, 2.75) is 38.6 Å². The SMILES string of the molecule is Cc1ccc(N2CCN(C3CC4CCC3C4)CC2)nc1. The normalized spacial score (nSPS) is 33.9. The summed E-state index contributed by atoms with van der Waals surface area (Å²) in [6, 6.07) is 5.24. The second-order valence-electron chi connectivity index (χ2n) is 6.96. The van der Waals surface area contributed by atoms with Crippen molar-refractivity contribution in [3.63, 3.8) is 0 Å². The summed E-state index contributed by atoms with van der Waals surface area (Å²) in [6.07, 6.45) is 7.99. The third-order valence-electron chi connectivity index (χ3n) is 5.70. The zero-order valence-electron chi connectivity index (χ0n) is 12.5. The summed E-state index contributed by atoms with van der Waals surface area (Å²) in [4.78, 5) is 9.79. The Bertz CT molecular complexity index is 462. The molecule has 3 aliphatic rings. The van der Waals surface area contributed by atoms with Gasteiger partial charge >= 0.3 is 0 Å². The summed E-state index contributed by atoms with van der Waals surface area (Å²) in [5.74, 6) is 3.23. The number of nitrogens with zero attached hydrogens (tertiary/aromatic N) is 3. The molecule has 3 heteroatoms. The van der Waals surface area contributed by atoms with Crippen LogP contribution in [0.3, 0.4) is 0 Å². The molecular weight excluding hydrogens is 246 g/mol. The highest BCUT2D eigenvalue weighted by atomic mass is 15.3. The molecule has 3 nitrogen and oxygen atoms in total. The van der Waals surface area contributed by atoms with Gasteiger partial charge in [0.15, 0.2) is 0 Å². The van der Waals surface area contributed by atoms with Crippen molar-refractivity contribution in [1.29, 1.82) is 0 Å². The Morgan fingerprint density at radius 1 is 1.05 bits per heavy atom. The van der Waals surface area contributed by atoms with Crippen LogP contribution in [0.15, 0.2) is 18.3 Å². The lowest BCUT2D eigenvalue weighted by atomic mass is 9.93. The summed E-state index contributed by atoms with van der Waals surface area (Å²) < 4.78 is 0. The van der Waals surface area contributed by atoms with E-state index in [0.29, 0.717) is 0 Å². The maximum Gasteiger partial charge on any atom is 0.128 e. The van der Waals surface area contributed by atoms with E-state index in [-0.39, 0.29) is 0 Å². The number of piperazine rings is 1. The first-order chi connectivity index (χ1) is 9.79. The Morgan fingerprint density at radius 3 is 2.50 bits per heavy atom. The number of hydrogen-bond acceptors (Lipinski definition) is 3. The van der Waals surface area contributed by atoms with Gasteiger partial charge in [0.05, 0.1) is 0 Å². The molecule has 1 aliphatic heterocycles. The van der Waals surface area contributed by atoms with Crippen LogP contribution >= 0.6 is 0 Å². The molecule has 20 heavy (non-hydrogen) atoms. The maximum atomic E-state index is 4.57. The lowest BCUT2D eigenvalue weighted by molar-refractivity contribution is 0.134. The molecule has 3 unspecified atom stereocenters. The Kier molecular flexibility index (Phi) is 3.18.